The Kier molecular flexibility index (Phi) is 28.8. The number of carbonyl (C=O) groups is 8. The summed E-state index contributed by atoms with van der Waals surface area (Å²) in [4.78, 5) is 111. The second kappa shape index (κ2) is 33.3. The Morgan fingerprint density at radius 3 is 2.11 bits per heavy atom. The molecular formula is C60H89I2NO18. The highest BCUT2D eigenvalue weighted by molar-refractivity contribution is 14.1. The van der Waals surface area contributed by atoms with E-state index in [1.54, 1.807) is 40.9 Å². The van der Waals surface area contributed by atoms with Crippen molar-refractivity contribution in [2.24, 2.45) is 40.9 Å². The van der Waals surface area contributed by atoms with Gasteiger partial charge in [0.05, 0.1) is 27.2 Å². The zero-order valence-electron chi connectivity index (χ0n) is 49.2. The molecule has 3 heterocycles. The third-order valence-electron chi connectivity index (χ3n) is 16.5. The summed E-state index contributed by atoms with van der Waals surface area (Å²) in [7, 11) is 4.41. The number of ketones is 3. The van der Waals surface area contributed by atoms with Crippen LogP contribution < -0.4 is 0 Å². The Morgan fingerprint density at radius 2 is 1.49 bits per heavy atom. The molecule has 3 fully saturated rings. The van der Waals surface area contributed by atoms with Crippen molar-refractivity contribution in [2.45, 2.75) is 187 Å². The Bertz CT molecular complexity index is 2280. The number of hydrogen-bond donors (Lipinski definition) is 2. The van der Waals surface area contributed by atoms with Crippen LogP contribution in [0.15, 0.2) is 47.6 Å². The van der Waals surface area contributed by atoms with Crippen LogP contribution >= 0.6 is 45.2 Å². The van der Waals surface area contributed by atoms with Crippen molar-refractivity contribution < 1.29 is 86.5 Å². The first-order valence-corrected chi connectivity index (χ1v) is 31.5. The third kappa shape index (κ3) is 19.8. The fraction of sp³-hybridized carbons (Fsp3) is 0.733. The molecule has 1 aliphatic carbocycles. The lowest BCUT2D eigenvalue weighted by Crippen LogP contribution is -2.61. The number of aliphatic hydroxyl groups is 2. The highest BCUT2D eigenvalue weighted by Crippen LogP contribution is 2.39. The lowest BCUT2D eigenvalue weighted by Gasteiger charge is -2.42. The van der Waals surface area contributed by atoms with Gasteiger partial charge in [-0.1, -0.05) is 116 Å². The molecule has 2 bridgehead atoms. The second-order valence-electron chi connectivity index (χ2n) is 23.1. The minimum Gasteiger partial charge on any atom is -0.464 e. The number of allylic oxidation sites excluding steroid dienone is 6. The van der Waals surface area contributed by atoms with Gasteiger partial charge >= 0.3 is 23.9 Å². The van der Waals surface area contributed by atoms with E-state index >= 15 is 0 Å². The number of alkyl halides is 2. The van der Waals surface area contributed by atoms with E-state index in [2.05, 4.69) is 0 Å². The zero-order valence-corrected chi connectivity index (χ0v) is 53.5. The molecular weight excluding hydrogens is 1280 g/mol. The summed E-state index contributed by atoms with van der Waals surface area (Å²) in [6.45, 7) is 13.2. The molecule has 456 valence electrons. The Morgan fingerprint density at radius 1 is 0.827 bits per heavy atom. The van der Waals surface area contributed by atoms with Crippen molar-refractivity contribution >= 4 is 92.3 Å². The summed E-state index contributed by atoms with van der Waals surface area (Å²) < 4.78 is 46.7. The van der Waals surface area contributed by atoms with E-state index in [4.69, 9.17) is 37.9 Å². The molecule has 0 aromatic rings. The van der Waals surface area contributed by atoms with E-state index in [1.807, 2.05) is 96.3 Å². The van der Waals surface area contributed by atoms with Crippen LogP contribution in [0.3, 0.4) is 0 Å². The highest BCUT2D eigenvalue weighted by Gasteiger charge is 2.53. The Hall–Kier alpha value is -3.46. The van der Waals surface area contributed by atoms with E-state index in [1.165, 1.54) is 21.1 Å². The number of Topliss-reactive ketones (excluding diaryl/α,β-unsaturated/α-hetero) is 3. The van der Waals surface area contributed by atoms with E-state index in [0.717, 1.165) is 10.5 Å². The predicted octanol–water partition coefficient (Wildman–Crippen LogP) is 7.69. The fourth-order valence-corrected chi connectivity index (χ4v) is 11.7. The lowest BCUT2D eigenvalue weighted by molar-refractivity contribution is -0.265. The standard InChI is InChI=1S/C60H89I2NO18/c1-35-17-13-12-14-18-36(2)47(74-9)29-43-22-20-41(7)60(73,81-43)55(69)56(70)63-24-16-15-19-44(63)57(71)79-48(30-45(64)37(3)26-40(6)53(68)54(76-11)52(67)39(5)25-35)38(4)27-42-21-23-46(49(28-42)75-10)80-58(72)59(8,33-77-50(65)31-61)34-78-51(66)32-62/h12-14,17-18,26,35,37-39,41-44,46-49,53-54,68,73H,15-16,19-25,27-34H2,1-11H3/b14-12+,17-13-,36-18+,40-26+/t35-,37+,38+,39+,41+,42-,43-,44-,46+,47-,48?,49+,53+,54-,60+/m0/s1. The summed E-state index contributed by atoms with van der Waals surface area (Å²) in [6, 6.07) is -1.23. The molecule has 1 unspecified atom stereocenters. The van der Waals surface area contributed by atoms with Crippen LogP contribution in [-0.2, 0) is 76.3 Å². The van der Waals surface area contributed by atoms with Crippen LogP contribution in [0.2, 0.25) is 0 Å². The van der Waals surface area contributed by atoms with Crippen LogP contribution in [0.1, 0.15) is 132 Å². The van der Waals surface area contributed by atoms with Crippen molar-refractivity contribution in [3.63, 3.8) is 0 Å². The van der Waals surface area contributed by atoms with Gasteiger partial charge in [0.15, 0.2) is 5.78 Å². The van der Waals surface area contributed by atoms with Gasteiger partial charge in [0.1, 0.15) is 54.9 Å². The van der Waals surface area contributed by atoms with E-state index < -0.39 is 119 Å². The molecule has 0 aromatic heterocycles. The molecule has 0 spiro atoms. The van der Waals surface area contributed by atoms with Crippen molar-refractivity contribution in [1.29, 1.82) is 0 Å². The number of nitrogens with zero attached hydrogens (tertiary/aromatic N) is 1. The number of piperidine rings is 1. The number of esters is 4. The van der Waals surface area contributed by atoms with Gasteiger partial charge < -0.3 is 53.0 Å². The summed E-state index contributed by atoms with van der Waals surface area (Å²) >= 11 is 3.69. The quantitative estimate of drug-likeness (QED) is 0.0422. The summed E-state index contributed by atoms with van der Waals surface area (Å²) in [5, 5.41) is 23.6. The smallest absolute Gasteiger partial charge is 0.329 e. The lowest BCUT2D eigenvalue weighted by atomic mass is 9.78. The van der Waals surface area contributed by atoms with E-state index in [-0.39, 0.29) is 71.3 Å². The van der Waals surface area contributed by atoms with Crippen LogP contribution in [-0.4, -0.2) is 167 Å². The number of rotatable bonds is 14. The molecule has 0 radical (unpaired) electrons. The molecule has 81 heavy (non-hydrogen) atoms. The maximum atomic E-state index is 14.7. The van der Waals surface area contributed by atoms with Crippen LogP contribution in [0, 0.1) is 40.9 Å². The highest BCUT2D eigenvalue weighted by atomic mass is 127. The van der Waals surface area contributed by atoms with Crippen molar-refractivity contribution in [3.8, 4) is 0 Å². The third-order valence-corrected chi connectivity index (χ3v) is 17.8. The van der Waals surface area contributed by atoms with Gasteiger partial charge in [-0.15, -0.1) is 0 Å². The predicted molar refractivity (Wildman–Crippen MR) is 317 cm³/mol. The van der Waals surface area contributed by atoms with Gasteiger partial charge in [-0.3, -0.25) is 33.6 Å². The first-order chi connectivity index (χ1) is 38.3. The number of cyclic esters (lactones) is 1. The molecule has 1 amide bonds. The molecule has 3 aliphatic heterocycles. The van der Waals surface area contributed by atoms with Crippen molar-refractivity contribution in [3.05, 3.63) is 47.6 Å². The number of aliphatic hydroxyl groups excluding tert-OH is 1. The molecule has 2 saturated heterocycles. The molecule has 0 aromatic carbocycles. The topological polar surface area (TPSA) is 254 Å². The van der Waals surface area contributed by atoms with Crippen molar-refractivity contribution in [1.82, 2.24) is 4.90 Å². The van der Waals surface area contributed by atoms with Gasteiger partial charge in [-0.05, 0) is 114 Å². The molecule has 1 saturated carbocycles. The first-order valence-electron chi connectivity index (χ1n) is 28.4. The fourth-order valence-electron chi connectivity index (χ4n) is 11.2. The summed E-state index contributed by atoms with van der Waals surface area (Å²) in [6.07, 6.45) is 9.19. The van der Waals surface area contributed by atoms with E-state index in [9.17, 15) is 48.6 Å². The maximum Gasteiger partial charge on any atom is 0.329 e. The molecule has 15 atom stereocenters. The number of ether oxygens (including phenoxy) is 8. The Labute approximate surface area is 506 Å². The van der Waals surface area contributed by atoms with Gasteiger partial charge in [0.25, 0.3) is 11.7 Å². The van der Waals surface area contributed by atoms with E-state index in [0.29, 0.717) is 63.4 Å². The van der Waals surface area contributed by atoms with Gasteiger partial charge in [-0.25, -0.2) is 4.79 Å². The number of amides is 1. The minimum atomic E-state index is -2.49. The normalized spacial score (nSPS) is 34.7. The second-order valence-corrected chi connectivity index (χ2v) is 24.6. The average Bonchev–Trinajstić information content (AvgIpc) is 3.46. The number of hydrogen-bond acceptors (Lipinski definition) is 18. The molecule has 4 rings (SSSR count). The largest absolute Gasteiger partial charge is 0.464 e. The van der Waals surface area contributed by atoms with Crippen molar-refractivity contribution in [2.75, 3.05) is 49.9 Å². The minimum absolute atomic E-state index is 0.0197. The number of halogens is 2. The Balaban J connectivity index is 1.68. The monoisotopic (exact) mass is 1370 g/mol. The zero-order chi connectivity index (χ0) is 60.4. The van der Waals surface area contributed by atoms with Crippen LogP contribution in [0.5, 0.6) is 0 Å². The van der Waals surface area contributed by atoms with Gasteiger partial charge in [-0.2, -0.15) is 0 Å². The summed E-state index contributed by atoms with van der Waals surface area (Å²) in [5.41, 5.74) is -0.324. The maximum absolute atomic E-state index is 14.7. The number of methoxy groups -OCH3 is 3. The number of fused-ring (bicyclic) bond motifs is 3. The van der Waals surface area contributed by atoms with Gasteiger partial charge in [0, 0.05) is 58.5 Å². The first kappa shape index (κ1) is 70.0. The average molecular weight is 1370 g/mol. The molecule has 4 aliphatic rings. The molecule has 21 heteroatoms. The molecule has 19 nitrogen and oxygen atoms in total. The SMILES string of the molecule is CO[C@H]1C[C@@H]2CC[C@@H](C)[C@@](O)(O2)C(=O)C(=O)N2CCCC[C@H]2C(=O)OC([C@H](C)C[C@@H]2CC[C@@H](OC(=O)C(C)(COC(=O)CI)COC(=O)CI)[C@H](OC)C2)CC(=O)[C@H](C)/C=C(\C)[C@@H](O)[C@@H](OC)C(=O)[C@H](C)C[C@@H](C)\C=C/C=C/C=C/1C. The summed E-state index contributed by atoms with van der Waals surface area (Å²) in [5.74, 6) is -10.7. The molecule has 2 N–H and O–H groups in total. The van der Waals surface area contributed by atoms with Crippen LogP contribution in [0.4, 0.5) is 0 Å². The van der Waals surface area contributed by atoms with Gasteiger partial charge in [0.2, 0.25) is 5.79 Å². The number of carbonyl (C=O) groups excluding carboxylic acids is 8. The van der Waals surface area contributed by atoms with Crippen LogP contribution in [0.25, 0.3) is 0 Å².